The van der Waals surface area contributed by atoms with E-state index in [1.807, 2.05) is 9.47 Å². The van der Waals surface area contributed by atoms with Crippen LogP contribution in [0.5, 0.6) is 0 Å². The molecule has 3 aliphatic rings. The predicted molar refractivity (Wildman–Crippen MR) is 97.6 cm³/mol. The van der Waals surface area contributed by atoms with Crippen molar-refractivity contribution in [1.82, 2.24) is 19.3 Å². The maximum atomic E-state index is 12.6. The highest BCUT2D eigenvalue weighted by Crippen LogP contribution is 2.33. The minimum absolute atomic E-state index is 0.00183. The van der Waals surface area contributed by atoms with Crippen molar-refractivity contribution in [2.24, 2.45) is 5.92 Å². The van der Waals surface area contributed by atoms with Crippen LogP contribution in [0.25, 0.3) is 0 Å². The van der Waals surface area contributed by atoms with Crippen molar-refractivity contribution in [2.45, 2.75) is 51.1 Å². The van der Waals surface area contributed by atoms with Crippen LogP contribution in [0.3, 0.4) is 0 Å². The van der Waals surface area contributed by atoms with Crippen LogP contribution in [-0.2, 0) is 19.4 Å². The molecule has 0 aromatic carbocycles. The molecule has 7 nitrogen and oxygen atoms in total. The van der Waals surface area contributed by atoms with E-state index >= 15 is 0 Å². The summed E-state index contributed by atoms with van der Waals surface area (Å²) in [6, 6.07) is 2.13. The van der Waals surface area contributed by atoms with Crippen molar-refractivity contribution in [2.75, 3.05) is 18.0 Å². The van der Waals surface area contributed by atoms with E-state index in [2.05, 4.69) is 10.1 Å². The zero-order chi connectivity index (χ0) is 17.7. The summed E-state index contributed by atoms with van der Waals surface area (Å²) in [6.07, 6.45) is 9.93. The van der Waals surface area contributed by atoms with E-state index in [0.717, 1.165) is 62.9 Å². The van der Waals surface area contributed by atoms with E-state index in [9.17, 15) is 9.59 Å². The summed E-state index contributed by atoms with van der Waals surface area (Å²) in [6.45, 7) is 2.12. The zero-order valence-corrected chi connectivity index (χ0v) is 14.8. The van der Waals surface area contributed by atoms with E-state index in [1.165, 1.54) is 0 Å². The van der Waals surface area contributed by atoms with Gasteiger partial charge in [0.15, 0.2) is 5.82 Å². The normalized spacial score (nSPS) is 19.9. The van der Waals surface area contributed by atoms with Crippen LogP contribution in [0.1, 0.15) is 43.0 Å². The number of hydrogen-bond acceptors (Lipinski definition) is 5. The molecule has 2 aliphatic carbocycles. The largest absolute Gasteiger partial charge is 0.351 e. The monoisotopic (exact) mass is 353 g/mol. The lowest BCUT2D eigenvalue weighted by atomic mass is 9.96. The highest BCUT2D eigenvalue weighted by atomic mass is 16.1. The first-order valence-corrected chi connectivity index (χ1v) is 9.61. The topological polar surface area (TPSA) is 73.0 Å². The molecule has 2 fully saturated rings. The SMILES string of the molecule is O=c1c(N2CC(Cn3nc4c(cc3=O)CCCC4)C2)nccn1C1CC1. The molecule has 2 aromatic rings. The summed E-state index contributed by atoms with van der Waals surface area (Å²) in [7, 11) is 0. The third-order valence-corrected chi connectivity index (χ3v) is 5.75. The van der Waals surface area contributed by atoms with Gasteiger partial charge in [-0.25, -0.2) is 9.67 Å². The van der Waals surface area contributed by atoms with Crippen LogP contribution in [0.4, 0.5) is 5.82 Å². The lowest BCUT2D eigenvalue weighted by Gasteiger charge is -2.39. The average Bonchev–Trinajstić information content (AvgIpc) is 3.44. The van der Waals surface area contributed by atoms with Crippen LogP contribution in [0.2, 0.25) is 0 Å². The molecule has 26 heavy (non-hydrogen) atoms. The number of hydrogen-bond donors (Lipinski definition) is 0. The Morgan fingerprint density at radius 2 is 1.92 bits per heavy atom. The second-order valence-electron chi connectivity index (χ2n) is 7.81. The molecule has 136 valence electrons. The highest BCUT2D eigenvalue weighted by Gasteiger charge is 2.32. The van der Waals surface area contributed by atoms with Crippen molar-refractivity contribution < 1.29 is 0 Å². The van der Waals surface area contributed by atoms with Gasteiger partial charge in [0.05, 0.1) is 12.2 Å². The van der Waals surface area contributed by atoms with E-state index in [1.54, 1.807) is 23.1 Å². The second-order valence-corrected chi connectivity index (χ2v) is 7.81. The summed E-state index contributed by atoms with van der Waals surface area (Å²) in [4.78, 5) is 31.2. The number of aromatic nitrogens is 4. The van der Waals surface area contributed by atoms with E-state index in [4.69, 9.17) is 0 Å². The van der Waals surface area contributed by atoms with Crippen LogP contribution >= 0.6 is 0 Å². The van der Waals surface area contributed by atoms with Gasteiger partial charge in [0.25, 0.3) is 11.1 Å². The van der Waals surface area contributed by atoms with Crippen LogP contribution in [0, 0.1) is 5.92 Å². The van der Waals surface area contributed by atoms with Gasteiger partial charge in [-0.3, -0.25) is 9.59 Å². The Bertz CT molecular complexity index is 953. The molecule has 0 atom stereocenters. The molecule has 0 unspecified atom stereocenters. The molecule has 0 spiro atoms. The Labute approximate surface area is 151 Å². The predicted octanol–water partition coefficient (Wildman–Crippen LogP) is 1.15. The van der Waals surface area contributed by atoms with Crippen molar-refractivity contribution in [1.29, 1.82) is 0 Å². The fourth-order valence-electron chi connectivity index (χ4n) is 4.11. The van der Waals surface area contributed by atoms with Gasteiger partial charge in [-0.05, 0) is 44.1 Å². The molecule has 1 saturated carbocycles. The Morgan fingerprint density at radius 1 is 1.12 bits per heavy atom. The maximum Gasteiger partial charge on any atom is 0.293 e. The van der Waals surface area contributed by atoms with Gasteiger partial charge in [-0.15, -0.1) is 0 Å². The van der Waals surface area contributed by atoms with Crippen molar-refractivity contribution in [3.63, 3.8) is 0 Å². The molecule has 0 radical (unpaired) electrons. The first-order valence-electron chi connectivity index (χ1n) is 9.61. The lowest BCUT2D eigenvalue weighted by Crippen LogP contribution is -2.52. The Hall–Kier alpha value is -2.44. The summed E-state index contributed by atoms with van der Waals surface area (Å²) in [5.74, 6) is 0.874. The van der Waals surface area contributed by atoms with Gasteiger partial charge in [0.1, 0.15) is 0 Å². The summed E-state index contributed by atoms with van der Waals surface area (Å²) in [5, 5.41) is 4.60. The van der Waals surface area contributed by atoms with Gasteiger partial charge in [-0.1, -0.05) is 0 Å². The minimum Gasteiger partial charge on any atom is -0.351 e. The van der Waals surface area contributed by atoms with Gasteiger partial charge in [0, 0.05) is 43.5 Å². The van der Waals surface area contributed by atoms with Crippen molar-refractivity contribution in [3.8, 4) is 0 Å². The minimum atomic E-state index is -0.00183. The molecular formula is C19H23N5O2. The van der Waals surface area contributed by atoms with Gasteiger partial charge in [-0.2, -0.15) is 5.10 Å². The quantitative estimate of drug-likeness (QED) is 0.824. The van der Waals surface area contributed by atoms with Gasteiger partial charge >= 0.3 is 0 Å². The molecule has 1 aliphatic heterocycles. The van der Waals surface area contributed by atoms with Crippen molar-refractivity contribution in [3.05, 3.63) is 50.4 Å². The number of nitrogens with zero attached hydrogens (tertiary/aromatic N) is 5. The maximum absolute atomic E-state index is 12.6. The van der Waals surface area contributed by atoms with Crippen molar-refractivity contribution >= 4 is 5.82 Å². The number of aryl methyl sites for hydroxylation is 2. The van der Waals surface area contributed by atoms with E-state index in [0.29, 0.717) is 24.3 Å². The second kappa shape index (κ2) is 6.07. The summed E-state index contributed by atoms with van der Waals surface area (Å²) >= 11 is 0. The number of anilines is 1. The Kier molecular flexibility index (Phi) is 3.69. The fraction of sp³-hybridized carbons (Fsp3) is 0.579. The smallest absolute Gasteiger partial charge is 0.293 e. The molecular weight excluding hydrogens is 330 g/mol. The first-order chi connectivity index (χ1) is 12.7. The number of fused-ring (bicyclic) bond motifs is 1. The van der Waals surface area contributed by atoms with Gasteiger partial charge in [0.2, 0.25) is 0 Å². The molecule has 5 rings (SSSR count). The molecule has 3 heterocycles. The molecule has 1 saturated heterocycles. The number of rotatable bonds is 4. The average molecular weight is 353 g/mol. The molecule has 2 aromatic heterocycles. The molecule has 7 heteroatoms. The summed E-state index contributed by atoms with van der Waals surface area (Å²) in [5.41, 5.74) is 2.22. The standard InChI is InChI=1S/C19H23N5O2/c25-17-9-14-3-1-2-4-16(14)21-24(17)12-13-10-22(11-13)18-19(26)23(8-7-20-18)15-5-6-15/h7-9,13,15H,1-6,10-12H2. The van der Waals surface area contributed by atoms with E-state index < -0.39 is 0 Å². The van der Waals surface area contributed by atoms with Crippen LogP contribution < -0.4 is 16.0 Å². The Balaban J connectivity index is 1.29. The van der Waals surface area contributed by atoms with E-state index in [-0.39, 0.29) is 11.1 Å². The third-order valence-electron chi connectivity index (χ3n) is 5.75. The molecule has 0 bridgehead atoms. The highest BCUT2D eigenvalue weighted by molar-refractivity contribution is 5.39. The summed E-state index contributed by atoms with van der Waals surface area (Å²) < 4.78 is 3.43. The first kappa shape index (κ1) is 15.8. The van der Waals surface area contributed by atoms with Crippen LogP contribution in [-0.4, -0.2) is 32.4 Å². The van der Waals surface area contributed by atoms with Gasteiger partial charge < -0.3 is 9.47 Å². The molecule has 0 N–H and O–H groups in total. The lowest BCUT2D eigenvalue weighted by molar-refractivity contribution is 0.328. The molecule has 0 amide bonds. The van der Waals surface area contributed by atoms with Crippen LogP contribution in [0.15, 0.2) is 28.0 Å². The fourth-order valence-corrected chi connectivity index (χ4v) is 4.11. The third kappa shape index (κ3) is 2.75. The zero-order valence-electron chi connectivity index (χ0n) is 14.8. The Morgan fingerprint density at radius 3 is 2.73 bits per heavy atom.